The monoisotopic (exact) mass is 209 g/mol. The van der Waals surface area contributed by atoms with E-state index in [1.54, 1.807) is 0 Å². The Labute approximate surface area is 91.1 Å². The van der Waals surface area contributed by atoms with Crippen molar-refractivity contribution in [1.29, 1.82) is 0 Å². The number of hydrogen-bond acceptors (Lipinski definition) is 2. The van der Waals surface area contributed by atoms with Gasteiger partial charge in [-0.3, -0.25) is 0 Å². The van der Waals surface area contributed by atoms with E-state index >= 15 is 0 Å². The van der Waals surface area contributed by atoms with Crippen LogP contribution in [0.5, 0.6) is 0 Å². The summed E-state index contributed by atoms with van der Waals surface area (Å²) in [5.74, 6) is 1.01. The molecule has 0 aromatic heterocycles. The lowest BCUT2D eigenvalue weighted by Gasteiger charge is -2.10. The smallest absolute Gasteiger partial charge is 0.0132 e. The maximum atomic E-state index is 5.88. The Hall–Kier alpha value is -0.470. The molecule has 0 aliphatic rings. The van der Waals surface area contributed by atoms with E-state index in [-0.39, 0.29) is 0 Å². The van der Waals surface area contributed by atoms with Crippen LogP contribution in [0.15, 0.2) is 23.1 Å². The van der Waals surface area contributed by atoms with Crippen LogP contribution in [0.3, 0.4) is 0 Å². The molecule has 0 saturated carbocycles. The molecule has 0 spiro atoms. The summed E-state index contributed by atoms with van der Waals surface area (Å²) in [4.78, 5) is 1.36. The molecule has 0 fully saturated rings. The van der Waals surface area contributed by atoms with Crippen LogP contribution in [0, 0.1) is 13.8 Å². The van der Waals surface area contributed by atoms with E-state index in [0.29, 0.717) is 6.04 Å². The van der Waals surface area contributed by atoms with Gasteiger partial charge in [-0.1, -0.05) is 24.6 Å². The second-order valence-electron chi connectivity index (χ2n) is 3.75. The van der Waals surface area contributed by atoms with Crippen LogP contribution in [0.2, 0.25) is 0 Å². The van der Waals surface area contributed by atoms with E-state index in [0.717, 1.165) is 12.2 Å². The third-order valence-electron chi connectivity index (χ3n) is 2.31. The molecule has 2 N–H and O–H groups in total. The van der Waals surface area contributed by atoms with E-state index in [4.69, 9.17) is 5.73 Å². The fourth-order valence-electron chi connectivity index (χ4n) is 1.28. The largest absolute Gasteiger partial charge is 0.327 e. The van der Waals surface area contributed by atoms with Crippen molar-refractivity contribution in [2.45, 2.75) is 38.1 Å². The fraction of sp³-hybridized carbons (Fsp3) is 0.500. The van der Waals surface area contributed by atoms with Gasteiger partial charge < -0.3 is 5.73 Å². The molecule has 78 valence electrons. The molecule has 1 aromatic rings. The van der Waals surface area contributed by atoms with Gasteiger partial charge in [-0.05, 0) is 31.9 Å². The summed E-state index contributed by atoms with van der Waals surface area (Å²) in [7, 11) is 0. The summed E-state index contributed by atoms with van der Waals surface area (Å²) in [5.41, 5.74) is 8.57. The SMILES string of the molecule is CCC(N)CSc1ccc(C)cc1C. The summed E-state index contributed by atoms with van der Waals surface area (Å²) in [6.45, 7) is 6.42. The minimum Gasteiger partial charge on any atom is -0.327 e. The first-order valence-electron chi connectivity index (χ1n) is 5.09. The van der Waals surface area contributed by atoms with E-state index in [9.17, 15) is 0 Å². The minimum absolute atomic E-state index is 0.320. The molecule has 0 radical (unpaired) electrons. The standard InChI is InChI=1S/C12H19NS/c1-4-11(13)8-14-12-6-5-9(2)7-10(12)3/h5-7,11H,4,8,13H2,1-3H3. The van der Waals surface area contributed by atoms with Crippen molar-refractivity contribution in [3.8, 4) is 0 Å². The Kier molecular flexibility index (Phi) is 4.49. The topological polar surface area (TPSA) is 26.0 Å². The van der Waals surface area contributed by atoms with Crippen LogP contribution < -0.4 is 5.73 Å². The molecule has 0 aliphatic heterocycles. The molecular weight excluding hydrogens is 190 g/mol. The van der Waals surface area contributed by atoms with Gasteiger partial charge in [-0.2, -0.15) is 0 Å². The van der Waals surface area contributed by atoms with E-state index < -0.39 is 0 Å². The van der Waals surface area contributed by atoms with Crippen molar-refractivity contribution in [1.82, 2.24) is 0 Å². The molecule has 0 saturated heterocycles. The lowest BCUT2D eigenvalue weighted by atomic mass is 10.2. The van der Waals surface area contributed by atoms with Gasteiger partial charge in [0.2, 0.25) is 0 Å². The molecular formula is C12H19NS. The summed E-state index contributed by atoms with van der Waals surface area (Å²) >= 11 is 1.86. The highest BCUT2D eigenvalue weighted by molar-refractivity contribution is 7.99. The quantitative estimate of drug-likeness (QED) is 0.771. The van der Waals surface area contributed by atoms with Crippen molar-refractivity contribution in [3.05, 3.63) is 29.3 Å². The highest BCUT2D eigenvalue weighted by Crippen LogP contribution is 2.23. The Bertz CT molecular complexity index is 296. The molecule has 1 rings (SSSR count). The van der Waals surface area contributed by atoms with Gasteiger partial charge in [0.25, 0.3) is 0 Å². The molecule has 0 heterocycles. The Morgan fingerprint density at radius 1 is 1.36 bits per heavy atom. The zero-order valence-electron chi connectivity index (χ0n) is 9.21. The van der Waals surface area contributed by atoms with Gasteiger partial charge >= 0.3 is 0 Å². The Morgan fingerprint density at radius 3 is 2.64 bits per heavy atom. The highest BCUT2D eigenvalue weighted by Gasteiger charge is 2.03. The molecule has 0 bridgehead atoms. The van der Waals surface area contributed by atoms with Gasteiger partial charge in [0.05, 0.1) is 0 Å². The second-order valence-corrected chi connectivity index (χ2v) is 4.81. The molecule has 1 nitrogen and oxygen atoms in total. The number of rotatable bonds is 4. The van der Waals surface area contributed by atoms with Crippen LogP contribution in [0.25, 0.3) is 0 Å². The van der Waals surface area contributed by atoms with Gasteiger partial charge in [0.15, 0.2) is 0 Å². The number of thioether (sulfide) groups is 1. The zero-order valence-corrected chi connectivity index (χ0v) is 10.0. The number of aryl methyl sites for hydroxylation is 2. The van der Waals surface area contributed by atoms with Crippen molar-refractivity contribution >= 4 is 11.8 Å². The van der Waals surface area contributed by atoms with Gasteiger partial charge in [-0.15, -0.1) is 11.8 Å². The third kappa shape index (κ3) is 3.35. The van der Waals surface area contributed by atoms with Gasteiger partial charge in [-0.25, -0.2) is 0 Å². The Morgan fingerprint density at radius 2 is 2.07 bits per heavy atom. The zero-order chi connectivity index (χ0) is 10.6. The Balaban J connectivity index is 2.59. The van der Waals surface area contributed by atoms with Crippen molar-refractivity contribution in [2.24, 2.45) is 5.73 Å². The van der Waals surface area contributed by atoms with E-state index in [1.807, 2.05) is 11.8 Å². The van der Waals surface area contributed by atoms with Crippen LogP contribution in [0.4, 0.5) is 0 Å². The fourth-order valence-corrected chi connectivity index (χ4v) is 2.36. The minimum atomic E-state index is 0.320. The molecule has 0 aliphatic carbocycles. The summed E-state index contributed by atoms with van der Waals surface area (Å²) in [6, 6.07) is 6.89. The average Bonchev–Trinajstić information content (AvgIpc) is 2.16. The van der Waals surface area contributed by atoms with Crippen LogP contribution in [-0.4, -0.2) is 11.8 Å². The first-order chi connectivity index (χ1) is 6.63. The summed E-state index contributed by atoms with van der Waals surface area (Å²) in [6.07, 6.45) is 1.05. The first kappa shape index (κ1) is 11.6. The van der Waals surface area contributed by atoms with E-state index in [2.05, 4.69) is 39.0 Å². The number of benzene rings is 1. The lowest BCUT2D eigenvalue weighted by Crippen LogP contribution is -2.21. The van der Waals surface area contributed by atoms with E-state index in [1.165, 1.54) is 16.0 Å². The first-order valence-corrected chi connectivity index (χ1v) is 6.07. The lowest BCUT2D eigenvalue weighted by molar-refractivity contribution is 0.725. The normalized spacial score (nSPS) is 12.9. The third-order valence-corrected chi connectivity index (χ3v) is 3.67. The molecule has 1 aromatic carbocycles. The number of nitrogens with two attached hydrogens (primary N) is 1. The maximum Gasteiger partial charge on any atom is 0.0132 e. The molecule has 2 heteroatoms. The second kappa shape index (κ2) is 5.42. The highest BCUT2D eigenvalue weighted by atomic mass is 32.2. The number of hydrogen-bond donors (Lipinski definition) is 1. The molecule has 1 unspecified atom stereocenters. The average molecular weight is 209 g/mol. The molecule has 0 amide bonds. The predicted octanol–water partition coefficient (Wildman–Crippen LogP) is 3.13. The summed E-state index contributed by atoms with van der Waals surface area (Å²) < 4.78 is 0. The predicted molar refractivity (Wildman–Crippen MR) is 64.9 cm³/mol. The van der Waals surface area contributed by atoms with Crippen LogP contribution >= 0.6 is 11.8 Å². The van der Waals surface area contributed by atoms with Gasteiger partial charge in [0.1, 0.15) is 0 Å². The van der Waals surface area contributed by atoms with Gasteiger partial charge in [0, 0.05) is 16.7 Å². The van der Waals surface area contributed by atoms with Crippen molar-refractivity contribution < 1.29 is 0 Å². The molecule has 1 atom stereocenters. The maximum absolute atomic E-state index is 5.88. The van der Waals surface area contributed by atoms with Crippen LogP contribution in [0.1, 0.15) is 24.5 Å². The summed E-state index contributed by atoms with van der Waals surface area (Å²) in [5, 5.41) is 0. The molecule has 14 heavy (non-hydrogen) atoms. The van der Waals surface area contributed by atoms with Crippen molar-refractivity contribution in [2.75, 3.05) is 5.75 Å². The van der Waals surface area contributed by atoms with Crippen LogP contribution in [-0.2, 0) is 0 Å². The van der Waals surface area contributed by atoms with Crippen molar-refractivity contribution in [3.63, 3.8) is 0 Å².